The summed E-state index contributed by atoms with van der Waals surface area (Å²) in [6, 6.07) is 10.5. The minimum atomic E-state index is 0.223. The Morgan fingerprint density at radius 2 is 2.00 bits per heavy atom. The highest BCUT2D eigenvalue weighted by Gasteiger charge is 2.08. The van der Waals surface area contributed by atoms with E-state index in [1.54, 1.807) is 0 Å². The van der Waals surface area contributed by atoms with E-state index in [0.29, 0.717) is 0 Å². The Labute approximate surface area is 102 Å². The van der Waals surface area contributed by atoms with Crippen molar-refractivity contribution < 1.29 is 0 Å². The van der Waals surface area contributed by atoms with Crippen molar-refractivity contribution in [2.24, 2.45) is 5.73 Å². The van der Waals surface area contributed by atoms with Gasteiger partial charge >= 0.3 is 0 Å². The van der Waals surface area contributed by atoms with Crippen LogP contribution in [0.5, 0.6) is 0 Å². The lowest BCUT2D eigenvalue weighted by Crippen LogP contribution is -2.15. The topological polar surface area (TPSA) is 54.7 Å². The molecule has 90 valence electrons. The molecule has 0 spiro atoms. The zero-order chi connectivity index (χ0) is 12.3. The second kappa shape index (κ2) is 5.15. The van der Waals surface area contributed by atoms with Gasteiger partial charge in [0.2, 0.25) is 0 Å². The number of H-pyrrole nitrogens is 1. The van der Waals surface area contributed by atoms with E-state index < -0.39 is 0 Å². The molecule has 0 radical (unpaired) electrons. The molecule has 1 aromatic carbocycles. The summed E-state index contributed by atoms with van der Waals surface area (Å²) in [4.78, 5) is 7.97. The molecule has 1 aromatic heterocycles. The number of aromatic nitrogens is 2. The first-order valence-corrected chi connectivity index (χ1v) is 6.03. The predicted molar refractivity (Wildman–Crippen MR) is 70.7 cm³/mol. The van der Waals surface area contributed by atoms with Crippen molar-refractivity contribution >= 4 is 0 Å². The zero-order valence-corrected chi connectivity index (χ0v) is 10.4. The summed E-state index contributed by atoms with van der Waals surface area (Å²) in [5.74, 6) is 1.03. The molecule has 3 nitrogen and oxygen atoms in total. The Kier molecular flexibility index (Phi) is 3.59. The van der Waals surface area contributed by atoms with Crippen LogP contribution in [-0.2, 0) is 6.42 Å². The standard InChI is InChI=1S/C14H19N3/c1-10(15)8-9-13-16-11(2)14(17-13)12-6-4-3-5-7-12/h3-7,10H,8-9,15H2,1-2H3,(H,16,17). The number of imidazole rings is 1. The van der Waals surface area contributed by atoms with Crippen LogP contribution in [0.15, 0.2) is 30.3 Å². The van der Waals surface area contributed by atoms with Crippen LogP contribution in [0.1, 0.15) is 24.9 Å². The molecule has 3 heteroatoms. The van der Waals surface area contributed by atoms with Gasteiger partial charge in [-0.2, -0.15) is 0 Å². The lowest BCUT2D eigenvalue weighted by atomic mass is 10.1. The normalized spacial score (nSPS) is 12.6. The number of aryl methyl sites for hydroxylation is 2. The van der Waals surface area contributed by atoms with E-state index in [4.69, 9.17) is 5.73 Å². The molecule has 0 saturated heterocycles. The Balaban J connectivity index is 2.20. The molecule has 0 aliphatic rings. The summed E-state index contributed by atoms with van der Waals surface area (Å²) >= 11 is 0. The number of nitrogens with one attached hydrogen (secondary N) is 1. The molecular formula is C14H19N3. The van der Waals surface area contributed by atoms with Gasteiger partial charge in [-0.3, -0.25) is 0 Å². The smallest absolute Gasteiger partial charge is 0.107 e. The third kappa shape index (κ3) is 2.94. The predicted octanol–water partition coefficient (Wildman–Crippen LogP) is 2.66. The van der Waals surface area contributed by atoms with Gasteiger partial charge in [-0.1, -0.05) is 30.3 Å². The minimum absolute atomic E-state index is 0.223. The molecule has 17 heavy (non-hydrogen) atoms. The molecular weight excluding hydrogens is 210 g/mol. The number of hydrogen-bond donors (Lipinski definition) is 2. The summed E-state index contributed by atoms with van der Waals surface area (Å²) in [5.41, 5.74) is 9.08. The van der Waals surface area contributed by atoms with Gasteiger partial charge in [-0.15, -0.1) is 0 Å². The number of nitrogens with two attached hydrogens (primary N) is 1. The summed E-state index contributed by atoms with van der Waals surface area (Å²) in [5, 5.41) is 0. The molecule has 1 unspecified atom stereocenters. The van der Waals surface area contributed by atoms with Crippen LogP contribution >= 0.6 is 0 Å². The van der Waals surface area contributed by atoms with Gasteiger partial charge in [-0.25, -0.2) is 4.98 Å². The molecule has 2 aromatic rings. The van der Waals surface area contributed by atoms with Crippen molar-refractivity contribution in [2.45, 2.75) is 32.7 Å². The first-order chi connectivity index (χ1) is 8.16. The van der Waals surface area contributed by atoms with Crippen LogP contribution < -0.4 is 5.73 Å². The van der Waals surface area contributed by atoms with Gasteiger partial charge in [0.15, 0.2) is 0 Å². The molecule has 0 aliphatic carbocycles. The van der Waals surface area contributed by atoms with Gasteiger partial charge in [0.25, 0.3) is 0 Å². The van der Waals surface area contributed by atoms with Crippen LogP contribution in [0.3, 0.4) is 0 Å². The van der Waals surface area contributed by atoms with E-state index in [-0.39, 0.29) is 6.04 Å². The van der Waals surface area contributed by atoms with Crippen molar-refractivity contribution in [1.29, 1.82) is 0 Å². The minimum Gasteiger partial charge on any atom is -0.346 e. The van der Waals surface area contributed by atoms with Crippen molar-refractivity contribution in [3.05, 3.63) is 41.9 Å². The molecule has 0 aliphatic heterocycles. The van der Waals surface area contributed by atoms with E-state index in [1.807, 2.05) is 25.1 Å². The van der Waals surface area contributed by atoms with Gasteiger partial charge in [0.05, 0.1) is 5.69 Å². The van der Waals surface area contributed by atoms with Crippen LogP contribution in [-0.4, -0.2) is 16.0 Å². The Morgan fingerprint density at radius 1 is 1.29 bits per heavy atom. The maximum atomic E-state index is 5.75. The van der Waals surface area contributed by atoms with Crippen molar-refractivity contribution in [1.82, 2.24) is 9.97 Å². The average molecular weight is 229 g/mol. The number of rotatable bonds is 4. The zero-order valence-electron chi connectivity index (χ0n) is 10.4. The molecule has 2 rings (SSSR count). The Bertz CT molecular complexity index is 471. The second-order valence-electron chi connectivity index (χ2n) is 4.54. The lowest BCUT2D eigenvalue weighted by molar-refractivity contribution is 0.651. The summed E-state index contributed by atoms with van der Waals surface area (Å²) < 4.78 is 0. The highest BCUT2D eigenvalue weighted by atomic mass is 14.9. The van der Waals surface area contributed by atoms with Gasteiger partial charge < -0.3 is 10.7 Å². The van der Waals surface area contributed by atoms with Crippen molar-refractivity contribution in [3.8, 4) is 11.3 Å². The molecule has 0 saturated carbocycles. The average Bonchev–Trinajstić information content (AvgIpc) is 2.69. The first kappa shape index (κ1) is 11.9. The van der Waals surface area contributed by atoms with Gasteiger partial charge in [-0.05, 0) is 20.3 Å². The third-order valence-corrected chi connectivity index (χ3v) is 2.82. The monoisotopic (exact) mass is 229 g/mol. The van der Waals surface area contributed by atoms with Crippen molar-refractivity contribution in [2.75, 3.05) is 0 Å². The molecule has 0 fully saturated rings. The Morgan fingerprint density at radius 3 is 2.65 bits per heavy atom. The Hall–Kier alpha value is -1.61. The number of benzene rings is 1. The van der Waals surface area contributed by atoms with Crippen LogP contribution in [0.2, 0.25) is 0 Å². The van der Waals surface area contributed by atoms with E-state index in [9.17, 15) is 0 Å². The maximum absolute atomic E-state index is 5.75. The fourth-order valence-electron chi connectivity index (χ4n) is 1.88. The molecule has 3 N–H and O–H groups in total. The highest BCUT2D eigenvalue weighted by Crippen LogP contribution is 2.21. The maximum Gasteiger partial charge on any atom is 0.107 e. The van der Waals surface area contributed by atoms with Crippen LogP contribution in [0.25, 0.3) is 11.3 Å². The quantitative estimate of drug-likeness (QED) is 0.846. The highest BCUT2D eigenvalue weighted by molar-refractivity contribution is 5.61. The van der Waals surface area contributed by atoms with Gasteiger partial charge in [0, 0.05) is 23.7 Å². The number of nitrogens with zero attached hydrogens (tertiary/aromatic N) is 1. The number of aromatic amines is 1. The van der Waals surface area contributed by atoms with E-state index in [0.717, 1.165) is 35.6 Å². The van der Waals surface area contributed by atoms with Crippen LogP contribution in [0, 0.1) is 6.92 Å². The molecule has 1 heterocycles. The summed E-state index contributed by atoms with van der Waals surface area (Å²) in [6.45, 7) is 4.08. The lowest BCUT2D eigenvalue weighted by Gasteiger charge is -2.01. The fraction of sp³-hybridized carbons (Fsp3) is 0.357. The first-order valence-electron chi connectivity index (χ1n) is 6.03. The molecule has 0 amide bonds. The van der Waals surface area contributed by atoms with Gasteiger partial charge in [0.1, 0.15) is 5.82 Å². The van der Waals surface area contributed by atoms with E-state index in [1.165, 1.54) is 0 Å². The molecule has 1 atom stereocenters. The van der Waals surface area contributed by atoms with E-state index in [2.05, 4.69) is 29.0 Å². The largest absolute Gasteiger partial charge is 0.346 e. The van der Waals surface area contributed by atoms with E-state index >= 15 is 0 Å². The number of hydrogen-bond acceptors (Lipinski definition) is 2. The SMILES string of the molecule is Cc1[nH]c(CCC(C)N)nc1-c1ccccc1. The fourth-order valence-corrected chi connectivity index (χ4v) is 1.88. The summed E-state index contributed by atoms with van der Waals surface area (Å²) in [7, 11) is 0. The van der Waals surface area contributed by atoms with Crippen LogP contribution in [0.4, 0.5) is 0 Å². The molecule has 0 bridgehead atoms. The summed E-state index contributed by atoms with van der Waals surface area (Å²) in [6.07, 6.45) is 1.87. The second-order valence-corrected chi connectivity index (χ2v) is 4.54. The van der Waals surface area contributed by atoms with Crippen molar-refractivity contribution in [3.63, 3.8) is 0 Å². The third-order valence-electron chi connectivity index (χ3n) is 2.82.